The molecule has 21 heavy (non-hydrogen) atoms. The Kier molecular flexibility index (Phi) is 6.06. The lowest BCUT2D eigenvalue weighted by Gasteiger charge is -2.22. The van der Waals surface area contributed by atoms with Gasteiger partial charge in [-0.05, 0) is 37.5 Å². The van der Waals surface area contributed by atoms with E-state index in [1.807, 2.05) is 0 Å². The van der Waals surface area contributed by atoms with Crippen LogP contribution in [0.2, 0.25) is 5.02 Å². The zero-order chi connectivity index (χ0) is 15.1. The molecule has 1 aliphatic heterocycles. The average molecular weight is 308 g/mol. The number of benzene rings is 1. The van der Waals surface area contributed by atoms with E-state index in [9.17, 15) is 4.79 Å². The maximum absolute atomic E-state index is 12.2. The molecule has 4 nitrogen and oxygen atoms in total. The number of anilines is 1. The Labute approximate surface area is 129 Å². The number of rotatable bonds is 3. The highest BCUT2D eigenvalue weighted by atomic mass is 35.5. The van der Waals surface area contributed by atoms with Crippen molar-refractivity contribution < 1.29 is 14.6 Å². The Balaban J connectivity index is 2.12. The van der Waals surface area contributed by atoms with Gasteiger partial charge in [0.15, 0.2) is 0 Å². The first kappa shape index (κ1) is 15.8. The second kappa shape index (κ2) is 8.04. The second-order valence-corrected chi connectivity index (χ2v) is 5.25. The van der Waals surface area contributed by atoms with Crippen molar-refractivity contribution in [3.63, 3.8) is 0 Å². The van der Waals surface area contributed by atoms with E-state index >= 15 is 0 Å². The number of carbonyl (C=O) groups excluding carboxylic acids is 1. The van der Waals surface area contributed by atoms with Crippen molar-refractivity contribution >= 4 is 23.2 Å². The van der Waals surface area contributed by atoms with Gasteiger partial charge in [0.2, 0.25) is 0 Å². The van der Waals surface area contributed by atoms with Crippen molar-refractivity contribution in [3.05, 3.63) is 28.8 Å². The van der Waals surface area contributed by atoms with Crippen molar-refractivity contribution in [1.82, 2.24) is 0 Å². The predicted molar refractivity (Wildman–Crippen MR) is 82.3 cm³/mol. The molecule has 2 N–H and O–H groups in total. The number of ether oxygens (including phenoxy) is 1. The van der Waals surface area contributed by atoms with Crippen LogP contribution in [0.15, 0.2) is 18.2 Å². The summed E-state index contributed by atoms with van der Waals surface area (Å²) in [7, 11) is 0. The fraction of sp³-hybridized carbons (Fsp3) is 0.438. The molecule has 1 aromatic rings. The first-order valence-electron chi connectivity index (χ1n) is 7.02. The molecule has 1 aromatic carbocycles. The van der Waals surface area contributed by atoms with Crippen LogP contribution in [0.3, 0.4) is 0 Å². The maximum Gasteiger partial charge on any atom is 0.253 e. The maximum atomic E-state index is 12.2. The highest BCUT2D eigenvalue weighted by molar-refractivity contribution is 6.31. The molecule has 0 aromatic heterocycles. The summed E-state index contributed by atoms with van der Waals surface area (Å²) in [6, 6.07) is 5.15. The number of amides is 1. The molecule has 0 aliphatic carbocycles. The Hall–Kier alpha value is -1.54. The first-order chi connectivity index (χ1) is 10.2. The van der Waals surface area contributed by atoms with Gasteiger partial charge < -0.3 is 15.2 Å². The van der Waals surface area contributed by atoms with E-state index in [4.69, 9.17) is 21.4 Å². The summed E-state index contributed by atoms with van der Waals surface area (Å²) >= 11 is 5.98. The van der Waals surface area contributed by atoms with Crippen LogP contribution in [0.4, 0.5) is 5.69 Å². The van der Waals surface area contributed by atoms with E-state index in [0.29, 0.717) is 29.3 Å². The van der Waals surface area contributed by atoms with Gasteiger partial charge in [0.1, 0.15) is 6.10 Å². The van der Waals surface area contributed by atoms with Crippen molar-refractivity contribution in [1.29, 1.82) is 0 Å². The number of aliphatic hydroxyl groups excluding tert-OH is 1. The molecule has 1 aliphatic rings. The molecule has 2 rings (SSSR count). The summed E-state index contributed by atoms with van der Waals surface area (Å²) < 4.78 is 5.47. The Bertz CT molecular complexity index is 556. The van der Waals surface area contributed by atoms with Crippen LogP contribution in [0.5, 0.6) is 0 Å². The third-order valence-electron chi connectivity index (χ3n) is 3.17. The van der Waals surface area contributed by atoms with Crippen molar-refractivity contribution in [2.45, 2.75) is 31.8 Å². The number of aliphatic hydroxyl groups is 1. The molecule has 112 valence electrons. The molecule has 1 unspecified atom stereocenters. The number of hydrogen-bond acceptors (Lipinski definition) is 3. The quantitative estimate of drug-likeness (QED) is 0.844. The Morgan fingerprint density at radius 1 is 1.48 bits per heavy atom. The van der Waals surface area contributed by atoms with Gasteiger partial charge >= 0.3 is 0 Å². The van der Waals surface area contributed by atoms with Gasteiger partial charge in [0, 0.05) is 23.6 Å². The van der Waals surface area contributed by atoms with Crippen LogP contribution < -0.4 is 5.32 Å². The molecule has 1 atom stereocenters. The monoisotopic (exact) mass is 307 g/mol. The van der Waals surface area contributed by atoms with Crippen molar-refractivity contribution in [3.8, 4) is 11.8 Å². The summed E-state index contributed by atoms with van der Waals surface area (Å²) in [5, 5.41) is 12.1. The number of halogens is 1. The van der Waals surface area contributed by atoms with Gasteiger partial charge in [-0.3, -0.25) is 4.79 Å². The van der Waals surface area contributed by atoms with Crippen LogP contribution in [0.25, 0.3) is 0 Å². The van der Waals surface area contributed by atoms with Crippen molar-refractivity contribution in [2.24, 2.45) is 0 Å². The molecule has 1 amide bonds. The summed E-state index contributed by atoms with van der Waals surface area (Å²) in [6.45, 7) is 0.634. The number of carbonyl (C=O) groups is 1. The second-order valence-electron chi connectivity index (χ2n) is 4.81. The minimum atomic E-state index is -0.406. The van der Waals surface area contributed by atoms with Gasteiger partial charge in [0.05, 0.1) is 12.3 Å². The van der Waals surface area contributed by atoms with Gasteiger partial charge in [-0.2, -0.15) is 0 Å². The smallest absolute Gasteiger partial charge is 0.253 e. The fourth-order valence-corrected chi connectivity index (χ4v) is 2.28. The standard InChI is InChI=1S/C16H18ClNO3/c17-13-8-7-12(5-1-3-9-19)14(11-13)18-16(20)15-6-2-4-10-21-15/h7-8,11,15,19H,2-4,6,9-10H2,(H,18,20). The highest BCUT2D eigenvalue weighted by Crippen LogP contribution is 2.22. The molecule has 0 bridgehead atoms. The molecule has 1 saturated heterocycles. The van der Waals surface area contributed by atoms with Crippen LogP contribution in [-0.2, 0) is 9.53 Å². The molecule has 5 heteroatoms. The van der Waals surface area contributed by atoms with E-state index in [-0.39, 0.29) is 12.5 Å². The fourth-order valence-electron chi connectivity index (χ4n) is 2.10. The predicted octanol–water partition coefficient (Wildman–Crippen LogP) is 2.58. The van der Waals surface area contributed by atoms with Gasteiger partial charge in [0.25, 0.3) is 5.91 Å². The van der Waals surface area contributed by atoms with Crippen LogP contribution in [-0.4, -0.2) is 30.3 Å². The largest absolute Gasteiger partial charge is 0.395 e. The topological polar surface area (TPSA) is 58.6 Å². The SMILES string of the molecule is O=C(Nc1cc(Cl)ccc1C#CCCO)C1CCCCO1. The summed E-state index contributed by atoms with van der Waals surface area (Å²) in [4.78, 5) is 12.2. The van der Waals surface area contributed by atoms with E-state index in [1.165, 1.54) is 0 Å². The van der Waals surface area contributed by atoms with E-state index in [0.717, 1.165) is 19.3 Å². The molecule has 0 spiro atoms. The minimum absolute atomic E-state index is 0.0121. The highest BCUT2D eigenvalue weighted by Gasteiger charge is 2.22. The summed E-state index contributed by atoms with van der Waals surface area (Å²) in [6.07, 6.45) is 2.71. The third kappa shape index (κ3) is 4.75. The molecule has 1 fully saturated rings. The normalized spacial score (nSPS) is 17.7. The summed E-state index contributed by atoms with van der Waals surface area (Å²) in [5.74, 6) is 5.60. The average Bonchev–Trinajstić information content (AvgIpc) is 2.50. The zero-order valence-corrected chi connectivity index (χ0v) is 12.4. The van der Waals surface area contributed by atoms with Crippen LogP contribution in [0.1, 0.15) is 31.2 Å². The van der Waals surface area contributed by atoms with Crippen LogP contribution >= 0.6 is 11.6 Å². The molecular weight excluding hydrogens is 290 g/mol. The van der Waals surface area contributed by atoms with Crippen molar-refractivity contribution in [2.75, 3.05) is 18.5 Å². The minimum Gasteiger partial charge on any atom is -0.395 e. The van der Waals surface area contributed by atoms with E-state index < -0.39 is 6.10 Å². The van der Waals surface area contributed by atoms with Crippen LogP contribution in [0, 0.1) is 11.8 Å². The summed E-state index contributed by atoms with van der Waals surface area (Å²) in [5.41, 5.74) is 1.25. The van der Waals surface area contributed by atoms with Gasteiger partial charge in [-0.15, -0.1) is 0 Å². The third-order valence-corrected chi connectivity index (χ3v) is 3.41. The Morgan fingerprint density at radius 3 is 3.05 bits per heavy atom. The van der Waals surface area contributed by atoms with Gasteiger partial charge in [-0.1, -0.05) is 23.4 Å². The van der Waals surface area contributed by atoms with E-state index in [2.05, 4.69) is 17.2 Å². The molecular formula is C16H18ClNO3. The number of nitrogens with one attached hydrogen (secondary N) is 1. The number of hydrogen-bond donors (Lipinski definition) is 2. The molecule has 0 radical (unpaired) electrons. The lowest BCUT2D eigenvalue weighted by molar-refractivity contribution is -0.129. The Morgan fingerprint density at radius 2 is 2.33 bits per heavy atom. The lowest BCUT2D eigenvalue weighted by Crippen LogP contribution is -2.33. The molecule has 0 saturated carbocycles. The zero-order valence-electron chi connectivity index (χ0n) is 11.7. The van der Waals surface area contributed by atoms with Gasteiger partial charge in [-0.25, -0.2) is 0 Å². The lowest BCUT2D eigenvalue weighted by atomic mass is 10.1. The first-order valence-corrected chi connectivity index (χ1v) is 7.40. The van der Waals surface area contributed by atoms with E-state index in [1.54, 1.807) is 18.2 Å². The molecule has 1 heterocycles.